The fourth-order valence-electron chi connectivity index (χ4n) is 4.18. The van der Waals surface area contributed by atoms with Crippen molar-refractivity contribution in [3.05, 3.63) is 76.2 Å². The largest absolute Gasteiger partial charge is 0.331 e. The molecule has 0 N–H and O–H groups in total. The summed E-state index contributed by atoms with van der Waals surface area (Å²) >= 11 is 6.53. The van der Waals surface area contributed by atoms with Gasteiger partial charge in [0.25, 0.3) is 5.91 Å². The van der Waals surface area contributed by atoms with Gasteiger partial charge < -0.3 is 4.90 Å². The summed E-state index contributed by atoms with van der Waals surface area (Å²) < 4.78 is 13.3. The van der Waals surface area contributed by atoms with Crippen LogP contribution in [0.25, 0.3) is 10.9 Å². The third-order valence-corrected chi connectivity index (χ3v) is 6.11. The Morgan fingerprint density at radius 2 is 1.86 bits per heavy atom. The van der Waals surface area contributed by atoms with Crippen molar-refractivity contribution >= 4 is 28.4 Å². The molecule has 1 aliphatic carbocycles. The molecule has 0 unspecified atom stereocenters. The number of aromatic nitrogens is 1. The number of para-hydroxylation sites is 1. The van der Waals surface area contributed by atoms with Crippen molar-refractivity contribution in [2.24, 2.45) is 0 Å². The van der Waals surface area contributed by atoms with Crippen LogP contribution < -0.4 is 0 Å². The molecule has 1 aromatic heterocycles. The van der Waals surface area contributed by atoms with E-state index in [2.05, 4.69) is 4.98 Å². The van der Waals surface area contributed by atoms with E-state index in [0.717, 1.165) is 47.7 Å². The zero-order valence-corrected chi connectivity index (χ0v) is 17.3. The lowest BCUT2D eigenvalue weighted by Gasteiger charge is -2.35. The molecular weight excluding hydrogens is 387 g/mol. The van der Waals surface area contributed by atoms with Gasteiger partial charge in [-0.3, -0.25) is 4.79 Å². The van der Waals surface area contributed by atoms with E-state index < -0.39 is 0 Å². The van der Waals surface area contributed by atoms with Crippen LogP contribution in [0.2, 0.25) is 5.15 Å². The number of benzene rings is 2. The number of rotatable bonds is 4. The standard InChI is InChI=1S/C24H24ClFN2O/c1-16-6-5-7-18-14-19(23(25)27-22(16)18)15-28(21-8-3-2-4-9-21)24(29)17-10-12-20(26)13-11-17/h5-7,10-14,21H,2-4,8-9,15H2,1H3. The minimum absolute atomic E-state index is 0.0858. The summed E-state index contributed by atoms with van der Waals surface area (Å²) in [6.07, 6.45) is 5.38. The maximum atomic E-state index is 13.3. The number of hydrogen-bond donors (Lipinski definition) is 0. The summed E-state index contributed by atoms with van der Waals surface area (Å²) in [7, 11) is 0. The Bertz CT molecular complexity index is 1030. The van der Waals surface area contributed by atoms with Crippen LogP contribution in [0, 0.1) is 12.7 Å². The van der Waals surface area contributed by atoms with Gasteiger partial charge in [0.1, 0.15) is 11.0 Å². The lowest BCUT2D eigenvalue weighted by molar-refractivity contribution is 0.0614. The Morgan fingerprint density at radius 3 is 2.59 bits per heavy atom. The summed E-state index contributed by atoms with van der Waals surface area (Å²) in [6.45, 7) is 2.41. The zero-order chi connectivity index (χ0) is 20.4. The predicted molar refractivity (Wildman–Crippen MR) is 115 cm³/mol. The summed E-state index contributed by atoms with van der Waals surface area (Å²) in [6, 6.07) is 14.0. The van der Waals surface area contributed by atoms with Crippen LogP contribution in [-0.2, 0) is 6.54 Å². The third kappa shape index (κ3) is 4.27. The maximum absolute atomic E-state index is 13.3. The van der Waals surface area contributed by atoms with Crippen molar-refractivity contribution in [2.75, 3.05) is 0 Å². The number of halogens is 2. The minimum atomic E-state index is -0.345. The van der Waals surface area contributed by atoms with Crippen LogP contribution in [0.15, 0.2) is 48.5 Å². The molecule has 3 aromatic rings. The molecule has 1 fully saturated rings. The van der Waals surface area contributed by atoms with E-state index in [1.807, 2.05) is 36.1 Å². The highest BCUT2D eigenvalue weighted by Gasteiger charge is 2.27. The monoisotopic (exact) mass is 410 g/mol. The molecule has 0 spiro atoms. The maximum Gasteiger partial charge on any atom is 0.254 e. The van der Waals surface area contributed by atoms with E-state index in [0.29, 0.717) is 17.3 Å². The fraction of sp³-hybridized carbons (Fsp3) is 0.333. The number of pyridine rings is 1. The zero-order valence-electron chi connectivity index (χ0n) is 16.5. The molecule has 0 atom stereocenters. The van der Waals surface area contributed by atoms with Gasteiger partial charge in [0, 0.05) is 29.1 Å². The molecule has 2 aromatic carbocycles. The quantitative estimate of drug-likeness (QED) is 0.472. The molecule has 5 heteroatoms. The van der Waals surface area contributed by atoms with Gasteiger partial charge in [-0.2, -0.15) is 0 Å². The highest BCUT2D eigenvalue weighted by Crippen LogP contribution is 2.29. The second-order valence-corrected chi connectivity index (χ2v) is 8.17. The third-order valence-electron chi connectivity index (χ3n) is 5.78. The minimum Gasteiger partial charge on any atom is -0.331 e. The summed E-state index contributed by atoms with van der Waals surface area (Å²) in [4.78, 5) is 19.8. The van der Waals surface area contributed by atoms with E-state index in [-0.39, 0.29) is 17.8 Å². The average molecular weight is 411 g/mol. The van der Waals surface area contributed by atoms with Gasteiger partial charge in [-0.15, -0.1) is 0 Å². The molecule has 1 amide bonds. The topological polar surface area (TPSA) is 33.2 Å². The van der Waals surface area contributed by atoms with Crippen LogP contribution >= 0.6 is 11.6 Å². The number of amides is 1. The van der Waals surface area contributed by atoms with Crippen molar-refractivity contribution in [3.8, 4) is 0 Å². The lowest BCUT2D eigenvalue weighted by Crippen LogP contribution is -2.41. The van der Waals surface area contributed by atoms with Gasteiger partial charge >= 0.3 is 0 Å². The van der Waals surface area contributed by atoms with Crippen LogP contribution in [0.4, 0.5) is 4.39 Å². The first-order valence-electron chi connectivity index (χ1n) is 10.1. The Hall–Kier alpha value is -2.46. The molecule has 0 radical (unpaired) electrons. The molecule has 1 saturated carbocycles. The van der Waals surface area contributed by atoms with E-state index >= 15 is 0 Å². The van der Waals surface area contributed by atoms with E-state index in [1.54, 1.807) is 12.1 Å². The van der Waals surface area contributed by atoms with Gasteiger partial charge in [0.05, 0.1) is 5.52 Å². The van der Waals surface area contributed by atoms with Crippen LogP contribution in [-0.4, -0.2) is 21.8 Å². The molecule has 3 nitrogen and oxygen atoms in total. The van der Waals surface area contributed by atoms with E-state index in [9.17, 15) is 9.18 Å². The van der Waals surface area contributed by atoms with Crippen LogP contribution in [0.1, 0.15) is 53.6 Å². The first-order valence-corrected chi connectivity index (χ1v) is 10.5. The fourth-order valence-corrected chi connectivity index (χ4v) is 4.38. The highest BCUT2D eigenvalue weighted by molar-refractivity contribution is 6.30. The second kappa shape index (κ2) is 8.50. The molecule has 1 aliphatic rings. The first kappa shape index (κ1) is 19.8. The van der Waals surface area contributed by atoms with Gasteiger partial charge in [-0.25, -0.2) is 9.37 Å². The van der Waals surface area contributed by atoms with Crippen molar-refractivity contribution in [2.45, 2.75) is 51.6 Å². The van der Waals surface area contributed by atoms with Crippen molar-refractivity contribution in [1.82, 2.24) is 9.88 Å². The molecule has 0 bridgehead atoms. The number of carbonyl (C=O) groups is 1. The van der Waals surface area contributed by atoms with Crippen molar-refractivity contribution in [1.29, 1.82) is 0 Å². The summed E-state index contributed by atoms with van der Waals surface area (Å²) in [5.74, 6) is -0.430. The predicted octanol–water partition coefficient (Wildman–Crippen LogP) is 6.31. The van der Waals surface area contributed by atoms with Crippen molar-refractivity contribution in [3.63, 3.8) is 0 Å². The van der Waals surface area contributed by atoms with Gasteiger partial charge in [-0.1, -0.05) is 49.1 Å². The number of fused-ring (bicyclic) bond motifs is 1. The molecule has 0 saturated heterocycles. The number of nitrogens with zero attached hydrogens (tertiary/aromatic N) is 2. The van der Waals surface area contributed by atoms with Gasteiger partial charge in [0.2, 0.25) is 0 Å². The second-order valence-electron chi connectivity index (χ2n) is 7.82. The highest BCUT2D eigenvalue weighted by atomic mass is 35.5. The number of aryl methyl sites for hydroxylation is 1. The Balaban J connectivity index is 1.70. The van der Waals surface area contributed by atoms with Gasteiger partial charge in [-0.05, 0) is 55.7 Å². The molecule has 29 heavy (non-hydrogen) atoms. The first-order chi connectivity index (χ1) is 14.0. The molecular formula is C24H24ClFN2O. The average Bonchev–Trinajstić information content (AvgIpc) is 2.74. The number of carbonyl (C=O) groups excluding carboxylic acids is 1. The van der Waals surface area contributed by atoms with E-state index in [1.165, 1.54) is 18.6 Å². The number of hydrogen-bond acceptors (Lipinski definition) is 2. The Morgan fingerprint density at radius 1 is 1.14 bits per heavy atom. The van der Waals surface area contributed by atoms with Gasteiger partial charge in [0.15, 0.2) is 0 Å². The van der Waals surface area contributed by atoms with Crippen molar-refractivity contribution < 1.29 is 9.18 Å². The SMILES string of the molecule is Cc1cccc2cc(CN(C(=O)c3ccc(F)cc3)C3CCCCC3)c(Cl)nc12. The van der Waals surface area contributed by atoms with Crippen LogP contribution in [0.5, 0.6) is 0 Å². The molecule has 0 aliphatic heterocycles. The smallest absolute Gasteiger partial charge is 0.254 e. The summed E-state index contributed by atoms with van der Waals surface area (Å²) in [5, 5.41) is 1.45. The Kier molecular flexibility index (Phi) is 5.81. The lowest BCUT2D eigenvalue weighted by atomic mass is 9.93. The summed E-state index contributed by atoms with van der Waals surface area (Å²) in [5.41, 5.74) is 3.29. The Labute approximate surface area is 175 Å². The normalized spacial score (nSPS) is 14.9. The molecule has 4 rings (SSSR count). The molecule has 1 heterocycles. The molecule has 150 valence electrons. The van der Waals surface area contributed by atoms with Crippen LogP contribution in [0.3, 0.4) is 0 Å². The van der Waals surface area contributed by atoms with E-state index in [4.69, 9.17) is 11.6 Å².